The summed E-state index contributed by atoms with van der Waals surface area (Å²) >= 11 is 0. The SMILES string of the molecule is Cl.Cl.O=C(C1CNC1)N(C1CC1)C1CCNC1. The van der Waals surface area contributed by atoms with Gasteiger partial charge in [-0.15, -0.1) is 24.8 Å². The number of carbonyl (C=O) groups excluding carboxylic acids is 1. The Morgan fingerprint density at radius 3 is 2.06 bits per heavy atom. The van der Waals surface area contributed by atoms with Crippen LogP contribution in [0.25, 0.3) is 0 Å². The molecule has 0 aromatic rings. The van der Waals surface area contributed by atoms with Crippen molar-refractivity contribution in [1.82, 2.24) is 15.5 Å². The van der Waals surface area contributed by atoms with E-state index in [9.17, 15) is 4.79 Å². The maximum absolute atomic E-state index is 12.3. The fourth-order valence-electron chi connectivity index (χ4n) is 2.56. The molecular weight excluding hydrogens is 261 g/mol. The van der Waals surface area contributed by atoms with Gasteiger partial charge in [-0.05, 0) is 25.8 Å². The first kappa shape index (κ1) is 15.0. The second-order valence-corrected chi connectivity index (χ2v) is 4.98. The molecule has 4 nitrogen and oxygen atoms in total. The molecule has 2 N–H and O–H groups in total. The third-order valence-electron chi connectivity index (χ3n) is 3.75. The van der Waals surface area contributed by atoms with E-state index in [0.717, 1.165) is 32.6 Å². The van der Waals surface area contributed by atoms with Gasteiger partial charge in [-0.3, -0.25) is 4.79 Å². The van der Waals surface area contributed by atoms with E-state index >= 15 is 0 Å². The average Bonchev–Trinajstić information content (AvgIpc) is 2.78. The number of rotatable bonds is 3. The standard InChI is InChI=1S/C11H19N3O.2ClH/c15-11(8-5-13-6-8)14(9-1-2-9)10-3-4-12-7-10;;/h8-10,12-13H,1-7H2;2*1H. The molecule has 3 aliphatic rings. The van der Waals surface area contributed by atoms with Crippen LogP contribution in [0.15, 0.2) is 0 Å². The largest absolute Gasteiger partial charge is 0.335 e. The zero-order valence-electron chi connectivity index (χ0n) is 9.85. The van der Waals surface area contributed by atoms with Crippen molar-refractivity contribution in [3.8, 4) is 0 Å². The highest BCUT2D eigenvalue weighted by Gasteiger charge is 2.41. The molecule has 1 amide bonds. The molecule has 2 heterocycles. The molecule has 6 heteroatoms. The molecule has 17 heavy (non-hydrogen) atoms. The summed E-state index contributed by atoms with van der Waals surface area (Å²) in [5, 5.41) is 6.54. The first-order valence-corrected chi connectivity index (χ1v) is 6.10. The van der Waals surface area contributed by atoms with Gasteiger partial charge in [0, 0.05) is 31.7 Å². The fraction of sp³-hybridized carbons (Fsp3) is 0.909. The van der Waals surface area contributed by atoms with Gasteiger partial charge in [0.2, 0.25) is 5.91 Å². The van der Waals surface area contributed by atoms with Crippen LogP contribution in [0.3, 0.4) is 0 Å². The number of nitrogens with one attached hydrogen (secondary N) is 2. The first-order valence-electron chi connectivity index (χ1n) is 6.10. The molecule has 2 aliphatic heterocycles. The van der Waals surface area contributed by atoms with Crippen molar-refractivity contribution in [2.75, 3.05) is 26.2 Å². The summed E-state index contributed by atoms with van der Waals surface area (Å²) < 4.78 is 0. The second kappa shape index (κ2) is 6.23. The van der Waals surface area contributed by atoms with Gasteiger partial charge in [-0.25, -0.2) is 0 Å². The number of nitrogens with zero attached hydrogens (tertiary/aromatic N) is 1. The quantitative estimate of drug-likeness (QED) is 0.787. The average molecular weight is 282 g/mol. The van der Waals surface area contributed by atoms with Crippen molar-refractivity contribution in [2.24, 2.45) is 5.92 Å². The minimum absolute atomic E-state index is 0. The number of amides is 1. The lowest BCUT2D eigenvalue weighted by Gasteiger charge is -2.36. The fourth-order valence-corrected chi connectivity index (χ4v) is 2.56. The molecule has 100 valence electrons. The van der Waals surface area contributed by atoms with Crippen molar-refractivity contribution >= 4 is 30.7 Å². The molecule has 3 rings (SSSR count). The third-order valence-corrected chi connectivity index (χ3v) is 3.75. The third kappa shape index (κ3) is 3.05. The predicted molar refractivity (Wildman–Crippen MR) is 72.0 cm³/mol. The maximum Gasteiger partial charge on any atom is 0.228 e. The number of hydrogen-bond donors (Lipinski definition) is 2. The van der Waals surface area contributed by atoms with Crippen LogP contribution in [-0.4, -0.2) is 49.1 Å². The molecule has 0 aromatic carbocycles. The normalized spacial score (nSPS) is 27.6. The molecule has 0 aromatic heterocycles. The summed E-state index contributed by atoms with van der Waals surface area (Å²) in [6.07, 6.45) is 3.59. The van der Waals surface area contributed by atoms with E-state index in [1.165, 1.54) is 12.8 Å². The lowest BCUT2D eigenvalue weighted by Crippen LogP contribution is -2.55. The van der Waals surface area contributed by atoms with E-state index in [-0.39, 0.29) is 30.7 Å². The van der Waals surface area contributed by atoms with Crippen LogP contribution in [0.1, 0.15) is 19.3 Å². The van der Waals surface area contributed by atoms with Crippen molar-refractivity contribution in [2.45, 2.75) is 31.3 Å². The van der Waals surface area contributed by atoms with Crippen LogP contribution in [0.2, 0.25) is 0 Å². The molecule has 0 spiro atoms. The Bertz CT molecular complexity index is 263. The smallest absolute Gasteiger partial charge is 0.228 e. The Balaban J connectivity index is 0.000000722. The highest BCUT2D eigenvalue weighted by atomic mass is 35.5. The van der Waals surface area contributed by atoms with Crippen LogP contribution >= 0.6 is 24.8 Å². The maximum atomic E-state index is 12.3. The molecule has 0 radical (unpaired) electrons. The molecule has 2 saturated heterocycles. The van der Waals surface area contributed by atoms with Crippen molar-refractivity contribution in [3.05, 3.63) is 0 Å². The molecule has 1 aliphatic carbocycles. The minimum Gasteiger partial charge on any atom is -0.335 e. The minimum atomic E-state index is 0. The summed E-state index contributed by atoms with van der Waals surface area (Å²) in [5.41, 5.74) is 0. The zero-order chi connectivity index (χ0) is 10.3. The van der Waals surface area contributed by atoms with E-state index in [2.05, 4.69) is 15.5 Å². The Hall–Kier alpha value is -0.0300. The van der Waals surface area contributed by atoms with E-state index in [4.69, 9.17) is 0 Å². The second-order valence-electron chi connectivity index (χ2n) is 4.98. The van der Waals surface area contributed by atoms with Crippen LogP contribution < -0.4 is 10.6 Å². The van der Waals surface area contributed by atoms with Crippen molar-refractivity contribution in [1.29, 1.82) is 0 Å². The molecule has 1 unspecified atom stereocenters. The first-order chi connectivity index (χ1) is 7.36. The summed E-state index contributed by atoms with van der Waals surface area (Å²) in [6.45, 7) is 3.86. The van der Waals surface area contributed by atoms with E-state index in [1.807, 2.05) is 0 Å². The van der Waals surface area contributed by atoms with Gasteiger partial charge in [0.05, 0.1) is 5.92 Å². The molecule has 3 fully saturated rings. The van der Waals surface area contributed by atoms with Gasteiger partial charge in [-0.1, -0.05) is 0 Å². The van der Waals surface area contributed by atoms with Gasteiger partial charge in [0.15, 0.2) is 0 Å². The van der Waals surface area contributed by atoms with Gasteiger partial charge >= 0.3 is 0 Å². The Morgan fingerprint density at radius 2 is 1.65 bits per heavy atom. The lowest BCUT2D eigenvalue weighted by molar-refractivity contribution is -0.139. The van der Waals surface area contributed by atoms with Crippen LogP contribution in [0, 0.1) is 5.92 Å². The van der Waals surface area contributed by atoms with Gasteiger partial charge in [-0.2, -0.15) is 0 Å². The monoisotopic (exact) mass is 281 g/mol. The van der Waals surface area contributed by atoms with E-state index in [0.29, 0.717) is 18.0 Å². The van der Waals surface area contributed by atoms with Crippen molar-refractivity contribution in [3.63, 3.8) is 0 Å². The summed E-state index contributed by atoms with van der Waals surface area (Å²) in [6, 6.07) is 1.05. The highest BCUT2D eigenvalue weighted by molar-refractivity contribution is 5.85. The van der Waals surface area contributed by atoms with Crippen LogP contribution in [-0.2, 0) is 4.79 Å². The summed E-state index contributed by atoms with van der Waals surface area (Å²) in [4.78, 5) is 14.5. The van der Waals surface area contributed by atoms with Crippen LogP contribution in [0.5, 0.6) is 0 Å². The Morgan fingerprint density at radius 1 is 0.941 bits per heavy atom. The Labute approximate surface area is 115 Å². The molecule has 0 bridgehead atoms. The predicted octanol–water partition coefficient (Wildman–Crippen LogP) is 0.402. The van der Waals surface area contributed by atoms with Gasteiger partial charge < -0.3 is 15.5 Å². The highest BCUT2D eigenvalue weighted by Crippen LogP contribution is 2.32. The van der Waals surface area contributed by atoms with Crippen LogP contribution in [0.4, 0.5) is 0 Å². The molecular formula is C11H21Cl2N3O. The van der Waals surface area contributed by atoms with Gasteiger partial charge in [0.1, 0.15) is 0 Å². The number of halogens is 2. The summed E-state index contributed by atoms with van der Waals surface area (Å²) in [7, 11) is 0. The topological polar surface area (TPSA) is 44.4 Å². The van der Waals surface area contributed by atoms with Gasteiger partial charge in [0.25, 0.3) is 0 Å². The number of hydrogen-bond acceptors (Lipinski definition) is 3. The lowest BCUT2D eigenvalue weighted by atomic mass is 10.0. The van der Waals surface area contributed by atoms with Crippen molar-refractivity contribution < 1.29 is 4.79 Å². The zero-order valence-corrected chi connectivity index (χ0v) is 11.5. The summed E-state index contributed by atoms with van der Waals surface area (Å²) in [5.74, 6) is 0.677. The molecule has 1 saturated carbocycles. The number of carbonyl (C=O) groups is 1. The Kier molecular flexibility index (Phi) is 5.51. The molecule has 1 atom stereocenters. The van der Waals surface area contributed by atoms with E-state index < -0.39 is 0 Å². The van der Waals surface area contributed by atoms with E-state index in [1.54, 1.807) is 0 Å².